The third kappa shape index (κ3) is 5.84. The van der Waals surface area contributed by atoms with E-state index < -0.39 is 0 Å². The molecule has 0 aromatic heterocycles. The average Bonchev–Trinajstić information content (AvgIpc) is 2.73. The van der Waals surface area contributed by atoms with Gasteiger partial charge in [-0.15, -0.1) is 0 Å². The highest BCUT2D eigenvalue weighted by Gasteiger charge is 2.18. The second kappa shape index (κ2) is 10.5. The van der Waals surface area contributed by atoms with Crippen LogP contribution in [0.1, 0.15) is 43.0 Å². The van der Waals surface area contributed by atoms with Gasteiger partial charge in [0.05, 0.1) is 23.0 Å². The maximum atomic E-state index is 12.6. The highest BCUT2D eigenvalue weighted by Crippen LogP contribution is 2.35. The van der Waals surface area contributed by atoms with Gasteiger partial charge in [0, 0.05) is 18.7 Å². The lowest BCUT2D eigenvalue weighted by Crippen LogP contribution is -2.35. The van der Waals surface area contributed by atoms with Gasteiger partial charge in [-0.1, -0.05) is 30.7 Å². The number of amides is 1. The number of benzene rings is 2. The van der Waals surface area contributed by atoms with E-state index in [2.05, 4.69) is 15.5 Å². The van der Waals surface area contributed by atoms with Crippen LogP contribution in [0, 0.1) is 0 Å². The minimum atomic E-state index is -0.286. The summed E-state index contributed by atoms with van der Waals surface area (Å²) in [6.07, 6.45) is 4.42. The van der Waals surface area contributed by atoms with Crippen LogP contribution in [0.25, 0.3) is 0 Å². The van der Waals surface area contributed by atoms with Crippen molar-refractivity contribution in [1.82, 2.24) is 5.32 Å². The SMILES string of the molecule is CCCOc1cccc(C(=O)NC(=S)Nc2cccc(Cl)c2N2CCCCC2)c1. The number of piperidine rings is 1. The lowest BCUT2D eigenvalue weighted by atomic mass is 10.1. The van der Waals surface area contributed by atoms with E-state index in [1.165, 1.54) is 6.42 Å². The largest absolute Gasteiger partial charge is 0.494 e. The molecule has 154 valence electrons. The summed E-state index contributed by atoms with van der Waals surface area (Å²) in [5.74, 6) is 0.381. The van der Waals surface area contributed by atoms with Crippen LogP contribution in [0.5, 0.6) is 5.75 Å². The van der Waals surface area contributed by atoms with Crippen LogP contribution in [0.2, 0.25) is 5.02 Å². The van der Waals surface area contributed by atoms with Crippen LogP contribution in [0.4, 0.5) is 11.4 Å². The molecule has 0 unspecified atom stereocenters. The van der Waals surface area contributed by atoms with E-state index in [9.17, 15) is 4.79 Å². The molecule has 0 radical (unpaired) electrons. The molecule has 3 rings (SSSR count). The molecule has 2 aromatic carbocycles. The molecular weight excluding hydrogens is 406 g/mol. The Hall–Kier alpha value is -2.31. The first-order chi connectivity index (χ1) is 14.1. The normalized spacial score (nSPS) is 13.7. The number of nitrogens with one attached hydrogen (secondary N) is 2. The molecule has 1 saturated heterocycles. The summed E-state index contributed by atoms with van der Waals surface area (Å²) in [7, 11) is 0. The van der Waals surface area contributed by atoms with Crippen molar-refractivity contribution in [3.05, 3.63) is 53.1 Å². The molecule has 0 bridgehead atoms. The molecule has 2 aromatic rings. The van der Waals surface area contributed by atoms with Crippen molar-refractivity contribution < 1.29 is 9.53 Å². The Kier molecular flexibility index (Phi) is 7.72. The summed E-state index contributed by atoms with van der Waals surface area (Å²) in [5, 5.41) is 6.79. The first kappa shape index (κ1) is 21.4. The fraction of sp³-hybridized carbons (Fsp3) is 0.364. The zero-order valence-corrected chi connectivity index (χ0v) is 18.1. The van der Waals surface area contributed by atoms with E-state index in [1.807, 2.05) is 31.2 Å². The first-order valence-corrected chi connectivity index (χ1v) is 10.8. The fourth-order valence-electron chi connectivity index (χ4n) is 3.33. The Labute approximate surface area is 182 Å². The number of hydrogen-bond donors (Lipinski definition) is 2. The number of carbonyl (C=O) groups excluding carboxylic acids is 1. The molecule has 0 aliphatic carbocycles. The predicted molar refractivity (Wildman–Crippen MR) is 123 cm³/mol. The van der Waals surface area contributed by atoms with Crippen molar-refractivity contribution in [3.63, 3.8) is 0 Å². The third-order valence-corrected chi connectivity index (χ3v) is 5.21. The molecule has 7 heteroatoms. The summed E-state index contributed by atoms with van der Waals surface area (Å²) < 4.78 is 5.59. The average molecular weight is 432 g/mol. The van der Waals surface area contributed by atoms with Gasteiger partial charge in [0.2, 0.25) is 0 Å². The molecule has 1 aliphatic heterocycles. The predicted octanol–water partition coefficient (Wildman–Crippen LogP) is 5.25. The van der Waals surface area contributed by atoms with Crippen LogP contribution in [-0.4, -0.2) is 30.7 Å². The molecule has 0 saturated carbocycles. The minimum absolute atomic E-state index is 0.232. The summed E-state index contributed by atoms with van der Waals surface area (Å²) in [5.41, 5.74) is 2.22. The molecule has 5 nitrogen and oxygen atoms in total. The monoisotopic (exact) mass is 431 g/mol. The van der Waals surface area contributed by atoms with Crippen LogP contribution >= 0.6 is 23.8 Å². The summed E-state index contributed by atoms with van der Waals surface area (Å²) in [4.78, 5) is 14.9. The van der Waals surface area contributed by atoms with Crippen LogP contribution < -0.4 is 20.3 Å². The molecule has 1 amide bonds. The highest BCUT2D eigenvalue weighted by atomic mass is 35.5. The van der Waals surface area contributed by atoms with Gasteiger partial charge in [-0.3, -0.25) is 10.1 Å². The van der Waals surface area contributed by atoms with Gasteiger partial charge >= 0.3 is 0 Å². The Bertz CT molecular complexity index is 869. The number of rotatable bonds is 6. The summed E-state index contributed by atoms with van der Waals surface area (Å²) >= 11 is 11.9. The number of thiocarbonyl (C=S) groups is 1. The molecule has 29 heavy (non-hydrogen) atoms. The third-order valence-electron chi connectivity index (χ3n) is 4.70. The van der Waals surface area contributed by atoms with E-state index in [0.717, 1.165) is 43.7 Å². The second-order valence-corrected chi connectivity index (χ2v) is 7.78. The van der Waals surface area contributed by atoms with E-state index in [1.54, 1.807) is 18.2 Å². The lowest BCUT2D eigenvalue weighted by Gasteiger charge is -2.31. The molecular formula is C22H26ClN3O2S. The van der Waals surface area contributed by atoms with Crippen molar-refractivity contribution in [2.75, 3.05) is 29.9 Å². The van der Waals surface area contributed by atoms with Crippen LogP contribution in [0.15, 0.2) is 42.5 Å². The summed E-state index contributed by atoms with van der Waals surface area (Å²) in [6.45, 7) is 4.57. The first-order valence-electron chi connectivity index (χ1n) is 9.97. The Morgan fingerprint density at radius 2 is 1.93 bits per heavy atom. The van der Waals surface area contributed by atoms with Gasteiger partial charge in [-0.05, 0) is 68.2 Å². The number of nitrogens with zero attached hydrogens (tertiary/aromatic N) is 1. The van der Waals surface area contributed by atoms with Gasteiger partial charge in [0.25, 0.3) is 5.91 Å². The maximum absolute atomic E-state index is 12.6. The number of anilines is 2. The van der Waals surface area contributed by atoms with Gasteiger partial charge in [-0.2, -0.15) is 0 Å². The maximum Gasteiger partial charge on any atom is 0.257 e. The van der Waals surface area contributed by atoms with E-state index >= 15 is 0 Å². The van der Waals surface area contributed by atoms with Crippen molar-refractivity contribution >= 4 is 46.2 Å². The van der Waals surface area contributed by atoms with Crippen LogP contribution in [-0.2, 0) is 0 Å². The van der Waals surface area contributed by atoms with Gasteiger partial charge in [0.15, 0.2) is 5.11 Å². The highest BCUT2D eigenvalue weighted by molar-refractivity contribution is 7.80. The molecule has 0 atom stereocenters. The van der Waals surface area contributed by atoms with Crippen molar-refractivity contribution in [3.8, 4) is 5.75 Å². The van der Waals surface area contributed by atoms with E-state index in [0.29, 0.717) is 22.9 Å². The minimum Gasteiger partial charge on any atom is -0.494 e. The number of hydrogen-bond acceptors (Lipinski definition) is 4. The quantitative estimate of drug-likeness (QED) is 0.612. The Balaban J connectivity index is 1.68. The second-order valence-electron chi connectivity index (χ2n) is 6.97. The molecule has 0 spiro atoms. The van der Waals surface area contributed by atoms with Gasteiger partial charge < -0.3 is 15.0 Å². The number of ether oxygens (including phenoxy) is 1. The Morgan fingerprint density at radius 1 is 1.17 bits per heavy atom. The van der Waals surface area contributed by atoms with Crippen molar-refractivity contribution in [1.29, 1.82) is 0 Å². The summed E-state index contributed by atoms with van der Waals surface area (Å²) in [6, 6.07) is 12.7. The fourth-order valence-corrected chi connectivity index (χ4v) is 3.83. The molecule has 1 fully saturated rings. The van der Waals surface area contributed by atoms with Gasteiger partial charge in [-0.25, -0.2) is 0 Å². The van der Waals surface area contributed by atoms with E-state index in [4.69, 9.17) is 28.6 Å². The zero-order valence-electron chi connectivity index (χ0n) is 16.5. The van der Waals surface area contributed by atoms with Crippen LogP contribution in [0.3, 0.4) is 0 Å². The topological polar surface area (TPSA) is 53.6 Å². The number of para-hydroxylation sites is 1. The molecule has 1 heterocycles. The molecule has 2 N–H and O–H groups in total. The zero-order chi connectivity index (χ0) is 20.6. The molecule has 1 aliphatic rings. The standard InChI is InChI=1S/C22H26ClN3O2S/c1-2-14-28-17-9-6-8-16(15-17)21(27)25-22(29)24-19-11-7-10-18(23)20(19)26-12-4-3-5-13-26/h6-11,15H,2-5,12-14H2,1H3,(H2,24,25,27,29). The smallest absolute Gasteiger partial charge is 0.257 e. The number of carbonyl (C=O) groups is 1. The van der Waals surface area contributed by atoms with Gasteiger partial charge in [0.1, 0.15) is 5.75 Å². The Morgan fingerprint density at radius 3 is 2.69 bits per heavy atom. The van der Waals surface area contributed by atoms with Crippen molar-refractivity contribution in [2.24, 2.45) is 0 Å². The lowest BCUT2D eigenvalue weighted by molar-refractivity contribution is 0.0977. The number of halogens is 1. The van der Waals surface area contributed by atoms with Crippen molar-refractivity contribution in [2.45, 2.75) is 32.6 Å². The van der Waals surface area contributed by atoms with E-state index in [-0.39, 0.29) is 11.0 Å².